The minimum Gasteiger partial charge on any atom is -0.502 e. The standard InChI is InChI=1S/C35H42O23/c1-13(36)47-11-24-27(49-15(3)38)29(51-17(5)40)31(53-19(7)42)34(57-24)55-22-9-21(33(45)46)10-23(26(22)44)56-35-32(54-20(8)43)30(52-18(6)41)28(50-16(4)39)25(58-35)12-48-14(2)37/h9-10,24-25,27-32,34-35,44H,11-12H2,1-8H3,(H,45,46)/t24-,25-,27+,28+,29+,30+,31-,32-,34?,35?/m1/s1. The summed E-state index contributed by atoms with van der Waals surface area (Å²) in [6.07, 6.45) is -17.2. The van der Waals surface area contributed by atoms with Gasteiger partial charge in [0.05, 0.1) is 5.56 Å². The van der Waals surface area contributed by atoms with Crippen LogP contribution in [0.3, 0.4) is 0 Å². The van der Waals surface area contributed by atoms with Gasteiger partial charge in [-0.1, -0.05) is 0 Å². The number of carbonyl (C=O) groups excluding carboxylic acids is 8. The fraction of sp³-hybridized carbons (Fsp3) is 0.571. The number of hydrogen-bond donors (Lipinski definition) is 2. The molecule has 0 bridgehead atoms. The van der Waals surface area contributed by atoms with E-state index in [4.69, 9.17) is 56.8 Å². The number of ether oxygens (including phenoxy) is 12. The normalized spacial score (nSPS) is 26.3. The number of phenols is 1. The summed E-state index contributed by atoms with van der Waals surface area (Å²) in [5, 5.41) is 21.5. The number of rotatable bonds is 15. The van der Waals surface area contributed by atoms with E-state index in [-0.39, 0.29) is 0 Å². The Bertz CT molecular complexity index is 1640. The zero-order chi connectivity index (χ0) is 43.6. The van der Waals surface area contributed by atoms with E-state index in [0.717, 1.165) is 67.5 Å². The quantitative estimate of drug-likeness (QED) is 0.174. The maximum atomic E-state index is 12.4. The lowest BCUT2D eigenvalue weighted by molar-refractivity contribution is -0.289. The van der Waals surface area contributed by atoms with Crippen molar-refractivity contribution in [2.24, 2.45) is 0 Å². The van der Waals surface area contributed by atoms with E-state index in [1.54, 1.807) is 0 Å². The van der Waals surface area contributed by atoms with Crippen LogP contribution in [0.4, 0.5) is 0 Å². The Labute approximate surface area is 328 Å². The average Bonchev–Trinajstić information content (AvgIpc) is 3.08. The van der Waals surface area contributed by atoms with Crippen LogP contribution in [0.5, 0.6) is 17.2 Å². The SMILES string of the molecule is CC(=O)OC[C@H]1OC(Oc2cc(C(=O)O)cc(OC3O[C@H](COC(C)=O)[C@H](OC(C)=O)[C@H](OC(C)=O)[C@H]3OC(C)=O)c2O)[C@H](OC(C)=O)[C@@H](OC(C)=O)[C@H]1OC(C)=O. The first-order valence-corrected chi connectivity index (χ1v) is 17.1. The second-order valence-corrected chi connectivity index (χ2v) is 12.5. The number of carboxylic acids is 1. The first kappa shape index (κ1) is 46.2. The Morgan fingerprint density at radius 1 is 0.483 bits per heavy atom. The molecule has 0 radical (unpaired) electrons. The molecule has 2 saturated heterocycles. The summed E-state index contributed by atoms with van der Waals surface area (Å²) in [7, 11) is 0. The van der Waals surface area contributed by atoms with E-state index in [1.807, 2.05) is 0 Å². The summed E-state index contributed by atoms with van der Waals surface area (Å²) in [5.41, 5.74) is -0.654. The van der Waals surface area contributed by atoms with Gasteiger partial charge in [-0.25, -0.2) is 4.79 Å². The van der Waals surface area contributed by atoms with Crippen molar-refractivity contribution < 1.29 is 110 Å². The number of aromatic hydroxyl groups is 1. The molecular weight excluding hydrogens is 788 g/mol. The molecule has 2 fully saturated rings. The highest BCUT2D eigenvalue weighted by molar-refractivity contribution is 5.89. The van der Waals surface area contributed by atoms with Gasteiger partial charge in [0.1, 0.15) is 25.4 Å². The van der Waals surface area contributed by atoms with Crippen LogP contribution < -0.4 is 9.47 Å². The Morgan fingerprint density at radius 2 is 0.776 bits per heavy atom. The molecule has 0 spiro atoms. The van der Waals surface area contributed by atoms with Crippen LogP contribution in [-0.4, -0.2) is 139 Å². The molecule has 0 aliphatic carbocycles. The number of esters is 8. The zero-order valence-electron chi connectivity index (χ0n) is 32.3. The van der Waals surface area contributed by atoms with Crippen LogP contribution in [0.15, 0.2) is 12.1 Å². The zero-order valence-corrected chi connectivity index (χ0v) is 32.3. The lowest BCUT2D eigenvalue weighted by Gasteiger charge is -2.44. The van der Waals surface area contributed by atoms with Crippen LogP contribution in [0, 0.1) is 0 Å². The van der Waals surface area contributed by atoms with Gasteiger partial charge >= 0.3 is 53.7 Å². The van der Waals surface area contributed by atoms with Crippen LogP contribution in [0.1, 0.15) is 65.7 Å². The number of carbonyl (C=O) groups is 9. The van der Waals surface area contributed by atoms with Crippen molar-refractivity contribution in [1.29, 1.82) is 0 Å². The third-order valence-electron chi connectivity index (χ3n) is 7.67. The Morgan fingerprint density at radius 3 is 1.05 bits per heavy atom. The van der Waals surface area contributed by atoms with Gasteiger partial charge in [-0.15, -0.1) is 0 Å². The van der Waals surface area contributed by atoms with E-state index >= 15 is 0 Å². The number of benzene rings is 1. The minimum atomic E-state index is -1.96. The van der Waals surface area contributed by atoms with Crippen LogP contribution in [0.25, 0.3) is 0 Å². The van der Waals surface area contributed by atoms with E-state index < -0.39 is 151 Å². The van der Waals surface area contributed by atoms with Crippen molar-refractivity contribution in [2.75, 3.05) is 13.2 Å². The molecule has 2 aliphatic rings. The van der Waals surface area contributed by atoms with Crippen LogP contribution in [0.2, 0.25) is 0 Å². The summed E-state index contributed by atoms with van der Waals surface area (Å²) in [6, 6.07) is 1.54. The maximum absolute atomic E-state index is 12.4. The molecule has 3 rings (SSSR count). The highest BCUT2D eigenvalue weighted by atomic mass is 16.8. The van der Waals surface area contributed by atoms with Crippen molar-refractivity contribution in [3.05, 3.63) is 17.7 Å². The van der Waals surface area contributed by atoms with Gasteiger partial charge in [0.15, 0.2) is 35.9 Å². The maximum Gasteiger partial charge on any atom is 0.335 e. The third-order valence-corrected chi connectivity index (χ3v) is 7.67. The lowest BCUT2D eigenvalue weighted by atomic mass is 9.98. The molecule has 2 aliphatic heterocycles. The summed E-state index contributed by atoms with van der Waals surface area (Å²) in [4.78, 5) is 109. The number of aromatic carboxylic acids is 1. The van der Waals surface area contributed by atoms with E-state index in [2.05, 4.69) is 0 Å². The molecule has 0 amide bonds. The minimum absolute atomic E-state index is 0.654. The fourth-order valence-corrected chi connectivity index (χ4v) is 5.70. The van der Waals surface area contributed by atoms with Crippen LogP contribution in [-0.2, 0) is 85.7 Å². The largest absolute Gasteiger partial charge is 0.502 e. The summed E-state index contributed by atoms with van der Waals surface area (Å²) < 4.78 is 65.6. The number of carboxylic acid groups (broad SMARTS) is 1. The van der Waals surface area contributed by atoms with Gasteiger partial charge in [0.25, 0.3) is 0 Å². The molecule has 2 heterocycles. The second kappa shape index (κ2) is 20.3. The van der Waals surface area contributed by atoms with Gasteiger partial charge in [0.2, 0.25) is 30.5 Å². The van der Waals surface area contributed by atoms with Gasteiger partial charge in [-0.05, 0) is 12.1 Å². The first-order chi connectivity index (χ1) is 27.1. The monoisotopic (exact) mass is 830 g/mol. The predicted octanol–water partition coefficient (Wildman–Crippen LogP) is 0.0142. The molecule has 1 aromatic rings. The van der Waals surface area contributed by atoms with Crippen molar-refractivity contribution >= 4 is 53.7 Å². The molecule has 1 aromatic carbocycles. The predicted molar refractivity (Wildman–Crippen MR) is 180 cm³/mol. The molecule has 23 heteroatoms. The number of phenolic OH excluding ortho intramolecular Hbond substituents is 1. The smallest absolute Gasteiger partial charge is 0.335 e. The Balaban J connectivity index is 2.19. The van der Waals surface area contributed by atoms with Crippen molar-refractivity contribution in [1.82, 2.24) is 0 Å². The average molecular weight is 831 g/mol. The summed E-state index contributed by atoms with van der Waals surface area (Å²) in [6.45, 7) is 6.64. The molecule has 58 heavy (non-hydrogen) atoms. The summed E-state index contributed by atoms with van der Waals surface area (Å²) >= 11 is 0. The lowest BCUT2D eigenvalue weighted by Crippen LogP contribution is -2.63. The van der Waals surface area contributed by atoms with E-state index in [0.29, 0.717) is 0 Å². The topological polar surface area (TPSA) is 305 Å². The highest BCUT2D eigenvalue weighted by Crippen LogP contribution is 2.42. The molecule has 0 aromatic heterocycles. The van der Waals surface area contributed by atoms with Gasteiger partial charge in [-0.2, -0.15) is 0 Å². The van der Waals surface area contributed by atoms with Crippen LogP contribution >= 0.6 is 0 Å². The molecule has 2 unspecified atom stereocenters. The van der Waals surface area contributed by atoms with E-state index in [9.17, 15) is 53.4 Å². The highest BCUT2D eigenvalue weighted by Gasteiger charge is 2.55. The molecule has 23 nitrogen and oxygen atoms in total. The molecule has 0 saturated carbocycles. The third kappa shape index (κ3) is 12.9. The Hall–Kier alpha value is -6.23. The molecular formula is C35H42O23. The summed E-state index contributed by atoms with van der Waals surface area (Å²) in [5.74, 6) is -11.6. The first-order valence-electron chi connectivity index (χ1n) is 17.1. The number of hydrogen-bond acceptors (Lipinski definition) is 22. The molecule has 10 atom stereocenters. The second-order valence-electron chi connectivity index (χ2n) is 12.5. The van der Waals surface area contributed by atoms with E-state index in [1.165, 1.54) is 0 Å². The molecule has 2 N–H and O–H groups in total. The molecule has 320 valence electrons. The van der Waals surface area contributed by atoms with Crippen molar-refractivity contribution in [2.45, 2.75) is 117 Å². The van der Waals surface area contributed by atoms with Gasteiger partial charge in [0, 0.05) is 55.4 Å². The Kier molecular flexibility index (Phi) is 16.1. The van der Waals surface area contributed by atoms with Crippen molar-refractivity contribution in [3.8, 4) is 17.2 Å². The van der Waals surface area contributed by atoms with Crippen molar-refractivity contribution in [3.63, 3.8) is 0 Å². The fourth-order valence-electron chi connectivity index (χ4n) is 5.70. The van der Waals surface area contributed by atoms with Gasteiger partial charge < -0.3 is 67.1 Å². The van der Waals surface area contributed by atoms with Gasteiger partial charge in [-0.3, -0.25) is 38.4 Å².